The molecule has 0 amide bonds. The summed E-state index contributed by atoms with van der Waals surface area (Å²) in [5.74, 6) is 2.69. The first-order chi connectivity index (χ1) is 72.4. The summed E-state index contributed by atoms with van der Waals surface area (Å²) < 4.78 is 4.84. The van der Waals surface area contributed by atoms with Crippen LogP contribution in [0.4, 0.5) is 0 Å². The molecule has 8 heteroatoms. The van der Waals surface area contributed by atoms with Gasteiger partial charge in [-0.05, 0) is 217 Å². The van der Waals surface area contributed by atoms with Crippen molar-refractivity contribution in [3.63, 3.8) is 0 Å². The number of fused-ring (bicyclic) bond motifs is 18. The van der Waals surface area contributed by atoms with Gasteiger partial charge < -0.3 is 9.13 Å². The molecule has 28 rings (SSSR count). The Morgan fingerprint density at radius 1 is 0.103 bits per heavy atom. The van der Waals surface area contributed by atoms with Crippen LogP contribution in [0.5, 0.6) is 0 Å². The minimum absolute atomic E-state index is 0.654. The van der Waals surface area contributed by atoms with Gasteiger partial charge in [0.15, 0.2) is 23.3 Å². The molecule has 28 aromatic rings. The first kappa shape index (κ1) is 86.8. The topological polar surface area (TPSA) is 87.2 Å². The van der Waals surface area contributed by atoms with Crippen LogP contribution in [0.15, 0.2) is 546 Å². The molecule has 0 fully saturated rings. The van der Waals surface area contributed by atoms with E-state index in [1.807, 2.05) is 97.1 Å². The fourth-order valence-corrected chi connectivity index (χ4v) is 21.2. The van der Waals surface area contributed by atoms with Crippen LogP contribution >= 0.6 is 0 Å². The highest BCUT2D eigenvalue weighted by Crippen LogP contribution is 2.46. The van der Waals surface area contributed by atoms with Crippen LogP contribution in [-0.2, 0) is 0 Å². The van der Waals surface area contributed by atoms with Crippen molar-refractivity contribution in [3.05, 3.63) is 546 Å². The van der Waals surface area contributed by atoms with Crippen molar-refractivity contribution >= 4 is 108 Å². The SMILES string of the molecule is c1ccc(-c2cc(-c3ccccc3)cc(-n3c4ccccc4c4cc(-c5ccc6c(c5)c5ccccc5n6-c5cc(-c6ccccc6)nc(-c6ccccc6)c5)ccc43)c2)cc1.c1ccc(-c2cc(-c3ccccc3)nc(-c3cccc(-c4ccc5c6ccccc6c6ccccc6c5c4)c3)n2)cc1.c1ccc(-c2nc(-c3ccccc3)nc(-c3cccc(-c4ccc5c6ccccc6c6ccccc6c5c4)c3)n2)cc1. The van der Waals surface area contributed by atoms with Crippen LogP contribution in [-0.4, -0.2) is 39.0 Å². The summed E-state index contributed by atoms with van der Waals surface area (Å²) >= 11 is 0. The van der Waals surface area contributed by atoms with Gasteiger partial charge in [0.1, 0.15) is 0 Å². The van der Waals surface area contributed by atoms with Gasteiger partial charge in [0.2, 0.25) is 0 Å². The molecular weight excluding hydrogens is 1770 g/mol. The number of nitrogens with zero attached hydrogens (tertiary/aromatic N) is 8. The van der Waals surface area contributed by atoms with Gasteiger partial charge in [0.05, 0.1) is 50.5 Å². The Kier molecular flexibility index (Phi) is 22.5. The highest BCUT2D eigenvalue weighted by Gasteiger charge is 2.23. The van der Waals surface area contributed by atoms with E-state index < -0.39 is 0 Å². The van der Waals surface area contributed by atoms with Crippen molar-refractivity contribution in [1.82, 2.24) is 39.0 Å². The van der Waals surface area contributed by atoms with E-state index in [2.05, 4.69) is 458 Å². The Hall–Kier alpha value is -19.5. The third-order valence-corrected chi connectivity index (χ3v) is 28.2. The van der Waals surface area contributed by atoms with Crippen LogP contribution in [0.3, 0.4) is 0 Å². The normalized spacial score (nSPS) is 11.4. The third kappa shape index (κ3) is 16.6. The molecule has 0 N–H and O–H groups in total. The average molecular weight is 1860 g/mol. The van der Waals surface area contributed by atoms with Gasteiger partial charge in [0.25, 0.3) is 0 Å². The lowest BCUT2D eigenvalue weighted by molar-refractivity contribution is 1.07. The molecule has 0 radical (unpaired) electrons. The molecule has 0 spiro atoms. The molecule has 146 heavy (non-hydrogen) atoms. The summed E-state index contributed by atoms with van der Waals surface area (Å²) in [6.07, 6.45) is 0. The smallest absolute Gasteiger partial charge is 0.164 e. The molecule has 5 aromatic heterocycles. The Bertz CT molecular complexity index is 8980. The van der Waals surface area contributed by atoms with Crippen molar-refractivity contribution in [3.8, 4) is 158 Å². The molecular formula is C138H90N8. The van der Waals surface area contributed by atoms with Crippen LogP contribution in [0, 0.1) is 0 Å². The number of hydrogen-bond acceptors (Lipinski definition) is 6. The van der Waals surface area contributed by atoms with Gasteiger partial charge in [-0.2, -0.15) is 0 Å². The molecule has 23 aromatic carbocycles. The number of para-hydroxylation sites is 2. The van der Waals surface area contributed by atoms with E-state index in [9.17, 15) is 0 Å². The lowest BCUT2D eigenvalue weighted by Crippen LogP contribution is -2.00. The summed E-state index contributed by atoms with van der Waals surface area (Å²) in [6, 6.07) is 194. The van der Waals surface area contributed by atoms with E-state index in [4.69, 9.17) is 29.9 Å². The van der Waals surface area contributed by atoms with E-state index in [0.29, 0.717) is 23.3 Å². The van der Waals surface area contributed by atoms with Crippen LogP contribution in [0.1, 0.15) is 0 Å². The lowest BCUT2D eigenvalue weighted by atomic mass is 9.92. The number of rotatable bonds is 15. The minimum Gasteiger partial charge on any atom is -0.309 e. The average Bonchev–Trinajstić information content (AvgIpc) is 1.49. The van der Waals surface area contributed by atoms with Crippen molar-refractivity contribution in [2.24, 2.45) is 0 Å². The molecule has 0 aliphatic rings. The Labute approximate surface area is 844 Å². The molecule has 0 saturated heterocycles. The third-order valence-electron chi connectivity index (χ3n) is 28.2. The van der Waals surface area contributed by atoms with Gasteiger partial charge in [-0.1, -0.05) is 449 Å². The second-order valence-corrected chi connectivity index (χ2v) is 37.1. The van der Waals surface area contributed by atoms with Gasteiger partial charge in [-0.25, -0.2) is 29.9 Å². The monoisotopic (exact) mass is 1860 g/mol. The number of benzene rings is 23. The minimum atomic E-state index is 0.654. The summed E-state index contributed by atoms with van der Waals surface area (Å²) in [5, 5.41) is 20.2. The van der Waals surface area contributed by atoms with E-state index in [1.54, 1.807) is 0 Å². The molecule has 0 aliphatic carbocycles. The van der Waals surface area contributed by atoms with E-state index >= 15 is 0 Å². The van der Waals surface area contributed by atoms with E-state index in [1.165, 1.54) is 136 Å². The zero-order valence-corrected chi connectivity index (χ0v) is 79.5. The largest absolute Gasteiger partial charge is 0.309 e. The Balaban J connectivity index is 0.000000115. The van der Waals surface area contributed by atoms with Crippen molar-refractivity contribution in [2.75, 3.05) is 0 Å². The van der Waals surface area contributed by atoms with Gasteiger partial charge in [-0.15, -0.1) is 0 Å². The number of aromatic nitrogens is 8. The molecule has 8 nitrogen and oxygen atoms in total. The molecule has 0 unspecified atom stereocenters. The maximum Gasteiger partial charge on any atom is 0.164 e. The molecule has 0 aliphatic heterocycles. The maximum absolute atomic E-state index is 5.19. The highest BCUT2D eigenvalue weighted by molar-refractivity contribution is 6.27. The quantitative estimate of drug-likeness (QED) is 0.0951. The molecule has 5 heterocycles. The Morgan fingerprint density at radius 2 is 0.322 bits per heavy atom. The van der Waals surface area contributed by atoms with Crippen LogP contribution in [0.25, 0.3) is 266 Å². The number of pyridine rings is 1. The highest BCUT2D eigenvalue weighted by atomic mass is 15.0. The molecule has 0 bridgehead atoms. The second kappa shape index (κ2) is 37.9. The predicted molar refractivity (Wildman–Crippen MR) is 610 cm³/mol. The fourth-order valence-electron chi connectivity index (χ4n) is 21.2. The summed E-state index contributed by atoms with van der Waals surface area (Å²) in [6.45, 7) is 0. The van der Waals surface area contributed by atoms with Crippen LogP contribution < -0.4 is 0 Å². The summed E-state index contributed by atoms with van der Waals surface area (Å²) in [5.41, 5.74) is 30.5. The first-order valence-electron chi connectivity index (χ1n) is 49.6. The second-order valence-electron chi connectivity index (χ2n) is 37.1. The zero-order chi connectivity index (χ0) is 96.7. The van der Waals surface area contributed by atoms with Crippen molar-refractivity contribution in [2.45, 2.75) is 0 Å². The maximum atomic E-state index is 5.19. The number of hydrogen-bond donors (Lipinski definition) is 0. The summed E-state index contributed by atoms with van der Waals surface area (Å²) in [7, 11) is 0. The van der Waals surface area contributed by atoms with Crippen LogP contribution in [0.2, 0.25) is 0 Å². The first-order valence-corrected chi connectivity index (χ1v) is 49.6. The molecule has 0 atom stereocenters. The molecule has 682 valence electrons. The van der Waals surface area contributed by atoms with E-state index in [0.717, 1.165) is 106 Å². The molecule has 0 saturated carbocycles. The fraction of sp³-hybridized carbons (Fsp3) is 0. The van der Waals surface area contributed by atoms with Gasteiger partial charge in [-0.3, -0.25) is 0 Å². The zero-order valence-electron chi connectivity index (χ0n) is 79.5. The van der Waals surface area contributed by atoms with Gasteiger partial charge >= 0.3 is 0 Å². The van der Waals surface area contributed by atoms with E-state index in [-0.39, 0.29) is 0 Å². The van der Waals surface area contributed by atoms with Gasteiger partial charge in [0, 0.05) is 71.7 Å². The standard InChI is InChI=1S/C59H39N3.C40H26N2.C39H25N3/c1-5-17-40(18-6-1)46-33-47(41-19-7-2-8-20-41)35-48(34-46)61-56-27-15-13-25-50(56)52-36-44(29-31-58(52)61)45-30-32-59-53(37-45)51-26-14-16-28-57(51)62(59)49-38-54(42-21-9-3-10-22-42)60-55(39-49)43-23-11-4-12-24-43;1-3-12-27(13-4-1)38-26-39(28-14-5-2-6-15-28)42-40(41-38)31-17-11-16-29(24-31)30-22-23-36-34-20-8-7-18-32(34)33-19-9-10-21-35(33)37(36)25-30;1-3-12-26(13-4-1)37-40-38(27-14-5-2-6-15-27)42-39(41-37)30-17-11-16-28(24-30)29-22-23-35-33-20-8-7-18-31(33)32-19-9-10-21-34(32)36(35)25-29/h1-39H;1-26H;1-25H. The van der Waals surface area contributed by atoms with Crippen molar-refractivity contribution < 1.29 is 0 Å². The lowest BCUT2D eigenvalue weighted by Gasteiger charge is -2.14. The summed E-state index contributed by atoms with van der Waals surface area (Å²) in [4.78, 5) is 30.0. The van der Waals surface area contributed by atoms with Crippen molar-refractivity contribution in [1.29, 1.82) is 0 Å². The Morgan fingerprint density at radius 3 is 0.664 bits per heavy atom. The predicted octanol–water partition coefficient (Wildman–Crippen LogP) is 36.2.